The molecule has 0 aromatic carbocycles. The summed E-state index contributed by atoms with van der Waals surface area (Å²) in [6.45, 7) is 5.81. The van der Waals surface area contributed by atoms with E-state index in [2.05, 4.69) is 4.90 Å². The van der Waals surface area contributed by atoms with E-state index in [1.54, 1.807) is 6.08 Å². The minimum absolute atomic E-state index is 0.0110. The molecule has 0 aromatic heterocycles. The molecule has 15 heavy (non-hydrogen) atoms. The van der Waals surface area contributed by atoms with Gasteiger partial charge in [0, 0.05) is 23.7 Å². The Morgan fingerprint density at radius 1 is 1.53 bits per heavy atom. The molecule has 0 fully saturated rings. The Bertz CT molecular complexity index is 358. The fraction of sp³-hybridized carbons (Fsp3) is 0.667. The van der Waals surface area contributed by atoms with Gasteiger partial charge in [-0.25, -0.2) is 8.42 Å². The number of thioether (sulfide) groups is 1. The lowest BCUT2D eigenvalue weighted by molar-refractivity contribution is 0.482. The van der Waals surface area contributed by atoms with Gasteiger partial charge in [-0.2, -0.15) is 0 Å². The molecule has 0 aliphatic carbocycles. The van der Waals surface area contributed by atoms with Gasteiger partial charge in [-0.1, -0.05) is 30.1 Å². The molecule has 6 heteroatoms. The van der Waals surface area contributed by atoms with Crippen LogP contribution in [0.25, 0.3) is 0 Å². The summed E-state index contributed by atoms with van der Waals surface area (Å²) < 4.78 is 23.1. The largest absolute Gasteiger partial charge is 0.358 e. The Morgan fingerprint density at radius 2 is 2.13 bits per heavy atom. The molecule has 1 aliphatic heterocycles. The maximum Gasteiger partial charge on any atom is 0.172 e. The van der Waals surface area contributed by atoms with Gasteiger partial charge in [0.15, 0.2) is 9.84 Å². The first kappa shape index (κ1) is 13.0. The Labute approximate surface area is 101 Å². The third-order valence-corrected chi connectivity index (χ3v) is 5.41. The number of sulfone groups is 1. The van der Waals surface area contributed by atoms with E-state index in [1.165, 1.54) is 17.2 Å². The van der Waals surface area contributed by atoms with E-state index in [1.807, 2.05) is 13.8 Å². The molecule has 0 unspecified atom stereocenters. The van der Waals surface area contributed by atoms with E-state index in [9.17, 15) is 8.42 Å². The van der Waals surface area contributed by atoms with Gasteiger partial charge < -0.3 is 4.90 Å². The van der Waals surface area contributed by atoms with Crippen molar-refractivity contribution >= 4 is 38.1 Å². The zero-order valence-electron chi connectivity index (χ0n) is 8.84. The standard InChI is InChI=1S/C9H15NO2S3/c1-3-10(4-2)9(13)14-8-5-6-15(11,12)7-8/h5-6,8H,3-4,7H2,1-2H3/t8-/m1/s1. The van der Waals surface area contributed by atoms with Crippen molar-refractivity contribution in [1.82, 2.24) is 4.90 Å². The third kappa shape index (κ3) is 3.77. The van der Waals surface area contributed by atoms with Gasteiger partial charge in [-0.05, 0) is 13.8 Å². The first-order chi connectivity index (χ1) is 6.98. The lowest BCUT2D eigenvalue weighted by Gasteiger charge is -2.22. The van der Waals surface area contributed by atoms with Crippen molar-refractivity contribution in [1.29, 1.82) is 0 Å². The van der Waals surface area contributed by atoms with Crippen LogP contribution < -0.4 is 0 Å². The van der Waals surface area contributed by atoms with Crippen LogP contribution in [0.2, 0.25) is 0 Å². The number of thiocarbonyl (C=S) groups is 1. The van der Waals surface area contributed by atoms with E-state index in [0.717, 1.165) is 17.4 Å². The molecule has 0 spiro atoms. The van der Waals surface area contributed by atoms with Crippen molar-refractivity contribution in [2.24, 2.45) is 0 Å². The van der Waals surface area contributed by atoms with Gasteiger partial charge in [-0.3, -0.25) is 0 Å². The molecule has 1 aliphatic rings. The van der Waals surface area contributed by atoms with Crippen LogP contribution in [-0.4, -0.2) is 41.7 Å². The Kier molecular flexibility index (Phi) is 4.61. The second kappa shape index (κ2) is 5.32. The van der Waals surface area contributed by atoms with Crippen LogP contribution in [0.5, 0.6) is 0 Å². The average molecular weight is 265 g/mol. The predicted octanol–water partition coefficient (Wildman–Crippen LogP) is 1.66. The second-order valence-electron chi connectivity index (χ2n) is 3.25. The van der Waals surface area contributed by atoms with E-state index in [-0.39, 0.29) is 11.0 Å². The second-order valence-corrected chi connectivity index (χ2v) is 7.06. The van der Waals surface area contributed by atoms with E-state index in [4.69, 9.17) is 12.2 Å². The molecule has 86 valence electrons. The molecule has 1 heterocycles. The summed E-state index contributed by atoms with van der Waals surface area (Å²) in [4.78, 5) is 2.05. The van der Waals surface area contributed by atoms with E-state index >= 15 is 0 Å². The van der Waals surface area contributed by atoms with Crippen molar-refractivity contribution in [3.8, 4) is 0 Å². The van der Waals surface area contributed by atoms with Crippen molar-refractivity contribution < 1.29 is 8.42 Å². The molecule has 0 saturated heterocycles. The fourth-order valence-corrected chi connectivity index (χ4v) is 4.81. The lowest BCUT2D eigenvalue weighted by atomic mass is 10.5. The highest BCUT2D eigenvalue weighted by atomic mass is 32.2. The summed E-state index contributed by atoms with van der Waals surface area (Å²) in [6.07, 6.45) is 1.72. The van der Waals surface area contributed by atoms with Crippen molar-refractivity contribution in [2.45, 2.75) is 19.1 Å². The molecule has 0 bridgehead atoms. The smallest absolute Gasteiger partial charge is 0.172 e. The minimum atomic E-state index is -2.96. The van der Waals surface area contributed by atoms with E-state index in [0.29, 0.717) is 0 Å². The zero-order valence-corrected chi connectivity index (χ0v) is 11.3. The first-order valence-electron chi connectivity index (χ1n) is 4.85. The molecule has 0 amide bonds. The summed E-state index contributed by atoms with van der Waals surface area (Å²) in [6, 6.07) is 0. The topological polar surface area (TPSA) is 37.4 Å². The van der Waals surface area contributed by atoms with Crippen LogP contribution in [0.4, 0.5) is 0 Å². The number of hydrogen-bond donors (Lipinski definition) is 0. The van der Waals surface area contributed by atoms with Crippen molar-refractivity contribution in [3.63, 3.8) is 0 Å². The lowest BCUT2D eigenvalue weighted by Crippen LogP contribution is -2.28. The van der Waals surface area contributed by atoms with Gasteiger partial charge in [0.25, 0.3) is 0 Å². The summed E-state index contributed by atoms with van der Waals surface area (Å²) in [5, 5.41) is 1.28. The van der Waals surface area contributed by atoms with Crippen LogP contribution in [0.1, 0.15) is 13.8 Å². The Balaban J connectivity index is 2.51. The Morgan fingerprint density at radius 3 is 2.53 bits per heavy atom. The number of rotatable bonds is 3. The summed E-state index contributed by atoms with van der Waals surface area (Å²) >= 11 is 6.70. The number of nitrogens with zero attached hydrogens (tertiary/aromatic N) is 1. The molecular weight excluding hydrogens is 250 g/mol. The molecule has 0 radical (unpaired) electrons. The van der Waals surface area contributed by atoms with Crippen LogP contribution in [0, 0.1) is 0 Å². The molecule has 3 nitrogen and oxygen atoms in total. The van der Waals surface area contributed by atoms with Gasteiger partial charge in [0.05, 0.1) is 5.75 Å². The van der Waals surface area contributed by atoms with Crippen molar-refractivity contribution in [3.05, 3.63) is 11.5 Å². The zero-order chi connectivity index (χ0) is 11.5. The summed E-state index contributed by atoms with van der Waals surface area (Å²) in [7, 11) is -2.96. The van der Waals surface area contributed by atoms with Gasteiger partial charge in [-0.15, -0.1) is 0 Å². The Hall–Kier alpha value is -0.0700. The highest BCUT2D eigenvalue weighted by Crippen LogP contribution is 2.24. The average Bonchev–Trinajstić information content (AvgIpc) is 2.47. The summed E-state index contributed by atoms with van der Waals surface area (Å²) in [5.74, 6) is 0.180. The monoisotopic (exact) mass is 265 g/mol. The fourth-order valence-electron chi connectivity index (χ4n) is 1.31. The third-order valence-electron chi connectivity index (χ3n) is 2.17. The molecule has 0 aromatic rings. The molecular formula is C9H15NO2S3. The normalized spacial score (nSPS) is 22.9. The quantitative estimate of drug-likeness (QED) is 0.726. The van der Waals surface area contributed by atoms with Crippen LogP contribution in [0.3, 0.4) is 0 Å². The van der Waals surface area contributed by atoms with E-state index < -0.39 is 9.84 Å². The van der Waals surface area contributed by atoms with Crippen LogP contribution in [-0.2, 0) is 9.84 Å². The number of hydrogen-bond acceptors (Lipinski definition) is 4. The van der Waals surface area contributed by atoms with Crippen molar-refractivity contribution in [2.75, 3.05) is 18.8 Å². The van der Waals surface area contributed by atoms with Gasteiger partial charge in [0.1, 0.15) is 4.32 Å². The molecule has 1 atom stereocenters. The maximum absolute atomic E-state index is 11.2. The molecule has 1 rings (SSSR count). The minimum Gasteiger partial charge on any atom is -0.358 e. The predicted molar refractivity (Wildman–Crippen MR) is 69.8 cm³/mol. The highest BCUT2D eigenvalue weighted by Gasteiger charge is 2.24. The van der Waals surface area contributed by atoms with Gasteiger partial charge >= 0.3 is 0 Å². The highest BCUT2D eigenvalue weighted by molar-refractivity contribution is 8.23. The SMILES string of the molecule is CCN(CC)C(=S)S[C@@H]1C=CS(=O)(=O)C1. The van der Waals surface area contributed by atoms with Gasteiger partial charge in [0.2, 0.25) is 0 Å². The maximum atomic E-state index is 11.2. The molecule has 0 saturated carbocycles. The molecule has 0 N–H and O–H groups in total. The summed E-state index contributed by atoms with van der Waals surface area (Å²) in [5.41, 5.74) is 0. The van der Waals surface area contributed by atoms with Crippen LogP contribution >= 0.6 is 24.0 Å². The first-order valence-corrected chi connectivity index (χ1v) is 7.85. The van der Waals surface area contributed by atoms with Crippen LogP contribution in [0.15, 0.2) is 11.5 Å².